The van der Waals surface area contributed by atoms with Gasteiger partial charge in [-0.3, -0.25) is 9.69 Å². The Morgan fingerprint density at radius 2 is 1.81 bits per heavy atom. The van der Waals surface area contributed by atoms with Crippen LogP contribution in [0.1, 0.15) is 42.5 Å². The third-order valence-electron chi connectivity index (χ3n) is 5.80. The Balaban J connectivity index is 1.36. The van der Waals surface area contributed by atoms with Crippen molar-refractivity contribution < 1.29 is 4.79 Å². The number of benzene rings is 1. The van der Waals surface area contributed by atoms with Gasteiger partial charge in [-0.2, -0.15) is 0 Å². The average molecular weight is 372 g/mol. The van der Waals surface area contributed by atoms with Gasteiger partial charge in [0.25, 0.3) is 5.91 Å². The molecule has 1 aromatic heterocycles. The van der Waals surface area contributed by atoms with E-state index in [-0.39, 0.29) is 5.91 Å². The van der Waals surface area contributed by atoms with Gasteiger partial charge in [-0.25, -0.2) is 4.98 Å². The Morgan fingerprint density at radius 3 is 2.58 bits per heavy atom. The maximum absolute atomic E-state index is 12.9. The van der Waals surface area contributed by atoms with E-state index in [2.05, 4.69) is 9.88 Å². The highest BCUT2D eigenvalue weighted by Gasteiger charge is 2.24. The van der Waals surface area contributed by atoms with E-state index in [1.165, 1.54) is 38.6 Å². The first-order chi connectivity index (χ1) is 12.7. The molecule has 5 heteroatoms. The molecule has 1 saturated heterocycles. The van der Waals surface area contributed by atoms with E-state index in [0.717, 1.165) is 48.6 Å². The number of hydrogen-bond acceptors (Lipinski definition) is 3. The van der Waals surface area contributed by atoms with Gasteiger partial charge in [-0.1, -0.05) is 30.9 Å². The topological polar surface area (TPSA) is 36.4 Å². The summed E-state index contributed by atoms with van der Waals surface area (Å²) in [6.07, 6.45) is 6.96. The molecule has 1 aromatic carbocycles. The summed E-state index contributed by atoms with van der Waals surface area (Å²) in [5, 5.41) is 1.43. The van der Waals surface area contributed by atoms with Crippen molar-refractivity contribution >= 4 is 28.4 Å². The van der Waals surface area contributed by atoms with Gasteiger partial charge < -0.3 is 4.90 Å². The fraction of sp³-hybridized carbons (Fsp3) is 0.524. The van der Waals surface area contributed by atoms with Crippen LogP contribution in [0.5, 0.6) is 0 Å². The second kappa shape index (κ2) is 7.93. The zero-order chi connectivity index (χ0) is 17.9. The largest absolute Gasteiger partial charge is 0.336 e. The van der Waals surface area contributed by atoms with Crippen LogP contribution < -0.4 is 0 Å². The van der Waals surface area contributed by atoms with Crippen molar-refractivity contribution in [2.45, 2.75) is 32.1 Å². The smallest absolute Gasteiger partial charge is 0.253 e. The van der Waals surface area contributed by atoms with Gasteiger partial charge in [0.2, 0.25) is 0 Å². The molecule has 2 aliphatic rings. The molecule has 1 aliphatic carbocycles. The van der Waals surface area contributed by atoms with Crippen LogP contribution >= 0.6 is 11.6 Å². The summed E-state index contributed by atoms with van der Waals surface area (Å²) in [4.78, 5) is 21.7. The number of piperazine rings is 1. The Labute approximate surface area is 160 Å². The zero-order valence-corrected chi connectivity index (χ0v) is 15.9. The highest BCUT2D eigenvalue weighted by atomic mass is 35.5. The van der Waals surface area contributed by atoms with Crippen molar-refractivity contribution in [1.82, 2.24) is 14.8 Å². The quantitative estimate of drug-likeness (QED) is 0.757. The Morgan fingerprint density at radius 1 is 1.04 bits per heavy atom. The first kappa shape index (κ1) is 17.7. The lowest BCUT2D eigenvalue weighted by molar-refractivity contribution is 0.0606. The van der Waals surface area contributed by atoms with E-state index in [9.17, 15) is 4.79 Å². The van der Waals surface area contributed by atoms with E-state index < -0.39 is 0 Å². The molecule has 4 nitrogen and oxygen atoms in total. The number of carbonyl (C=O) groups is 1. The Hall–Kier alpha value is -1.65. The predicted molar refractivity (Wildman–Crippen MR) is 106 cm³/mol. The summed E-state index contributed by atoms with van der Waals surface area (Å²) < 4.78 is 0. The summed E-state index contributed by atoms with van der Waals surface area (Å²) in [6, 6.07) is 9.36. The number of rotatable bonds is 3. The molecule has 0 radical (unpaired) electrons. The molecule has 0 unspecified atom stereocenters. The molecule has 4 rings (SSSR count). The molecule has 138 valence electrons. The number of pyridine rings is 1. The third-order valence-corrected chi connectivity index (χ3v) is 6.01. The standard InChI is InChI=1S/C21H26ClN3O/c22-20-9-7-17-14-18(6-8-19(17)23-20)21(26)25-12-10-24(11-13-25)15-16-4-2-1-3-5-16/h6-9,14,16H,1-5,10-13,15H2. The molecular weight excluding hydrogens is 346 g/mol. The van der Waals surface area contributed by atoms with E-state index in [4.69, 9.17) is 11.6 Å². The Kier molecular flexibility index (Phi) is 5.41. The number of halogens is 1. The highest BCUT2D eigenvalue weighted by Crippen LogP contribution is 2.25. The molecular formula is C21H26ClN3O. The van der Waals surface area contributed by atoms with Gasteiger partial charge in [-0.05, 0) is 49.1 Å². The zero-order valence-electron chi connectivity index (χ0n) is 15.2. The number of aromatic nitrogens is 1. The third kappa shape index (κ3) is 4.02. The van der Waals surface area contributed by atoms with Gasteiger partial charge in [0.15, 0.2) is 0 Å². The minimum absolute atomic E-state index is 0.124. The monoisotopic (exact) mass is 371 g/mol. The molecule has 26 heavy (non-hydrogen) atoms. The van der Waals surface area contributed by atoms with Gasteiger partial charge >= 0.3 is 0 Å². The number of nitrogens with zero attached hydrogens (tertiary/aromatic N) is 3. The van der Waals surface area contributed by atoms with Crippen LogP contribution in [-0.2, 0) is 0 Å². The van der Waals surface area contributed by atoms with Gasteiger partial charge in [-0.15, -0.1) is 0 Å². The number of hydrogen-bond donors (Lipinski definition) is 0. The van der Waals surface area contributed by atoms with Crippen molar-refractivity contribution in [3.63, 3.8) is 0 Å². The molecule has 2 fully saturated rings. The minimum atomic E-state index is 0.124. The fourth-order valence-corrected chi connectivity index (χ4v) is 4.44. The molecule has 0 bridgehead atoms. The van der Waals surface area contributed by atoms with E-state index in [0.29, 0.717) is 5.15 Å². The summed E-state index contributed by atoms with van der Waals surface area (Å²) in [5.74, 6) is 0.991. The second-order valence-corrected chi connectivity index (χ2v) is 8.03. The lowest BCUT2D eigenvalue weighted by Crippen LogP contribution is -2.49. The van der Waals surface area contributed by atoms with Crippen molar-refractivity contribution in [2.24, 2.45) is 5.92 Å². The SMILES string of the molecule is O=C(c1ccc2nc(Cl)ccc2c1)N1CCN(CC2CCCCC2)CC1. The van der Waals surface area contributed by atoms with Gasteiger partial charge in [0.1, 0.15) is 5.15 Å². The van der Waals surface area contributed by atoms with Crippen LogP contribution in [0.2, 0.25) is 5.15 Å². The van der Waals surface area contributed by atoms with Crippen molar-refractivity contribution in [3.8, 4) is 0 Å². The van der Waals surface area contributed by atoms with Crippen molar-refractivity contribution in [1.29, 1.82) is 0 Å². The Bertz CT molecular complexity index is 780. The molecule has 2 aromatic rings. The lowest BCUT2D eigenvalue weighted by Gasteiger charge is -2.37. The summed E-state index contributed by atoms with van der Waals surface area (Å²) in [5.41, 5.74) is 1.56. The second-order valence-electron chi connectivity index (χ2n) is 7.64. The first-order valence-corrected chi connectivity index (χ1v) is 10.1. The van der Waals surface area contributed by atoms with Gasteiger partial charge in [0, 0.05) is 43.7 Å². The van der Waals surface area contributed by atoms with E-state index >= 15 is 0 Å². The van der Waals surface area contributed by atoms with Gasteiger partial charge in [0.05, 0.1) is 5.52 Å². The summed E-state index contributed by atoms with van der Waals surface area (Å²) in [7, 11) is 0. The van der Waals surface area contributed by atoms with Crippen LogP contribution in [0.15, 0.2) is 30.3 Å². The molecule has 1 aliphatic heterocycles. The normalized spacial score (nSPS) is 19.8. The first-order valence-electron chi connectivity index (χ1n) is 9.77. The van der Waals surface area contributed by atoms with E-state index in [1.54, 1.807) is 6.07 Å². The fourth-order valence-electron chi connectivity index (χ4n) is 4.28. The van der Waals surface area contributed by atoms with Crippen molar-refractivity contribution in [3.05, 3.63) is 41.0 Å². The molecule has 2 heterocycles. The molecule has 0 atom stereocenters. The van der Waals surface area contributed by atoms with Crippen molar-refractivity contribution in [2.75, 3.05) is 32.7 Å². The van der Waals surface area contributed by atoms with Crippen LogP contribution in [0.3, 0.4) is 0 Å². The lowest BCUT2D eigenvalue weighted by atomic mass is 9.89. The van der Waals surface area contributed by atoms with Crippen LogP contribution in [0.4, 0.5) is 0 Å². The van der Waals surface area contributed by atoms with Crippen LogP contribution in [-0.4, -0.2) is 53.4 Å². The molecule has 0 spiro atoms. The number of amides is 1. The maximum atomic E-state index is 12.9. The number of fused-ring (bicyclic) bond motifs is 1. The minimum Gasteiger partial charge on any atom is -0.336 e. The number of carbonyl (C=O) groups excluding carboxylic acids is 1. The van der Waals surface area contributed by atoms with E-state index in [1.807, 2.05) is 29.2 Å². The average Bonchev–Trinajstić information content (AvgIpc) is 2.68. The highest BCUT2D eigenvalue weighted by molar-refractivity contribution is 6.29. The molecule has 1 amide bonds. The molecule has 0 N–H and O–H groups in total. The summed E-state index contributed by atoms with van der Waals surface area (Å²) >= 11 is 5.94. The van der Waals surface area contributed by atoms with Crippen LogP contribution in [0, 0.1) is 5.92 Å². The maximum Gasteiger partial charge on any atom is 0.253 e. The summed E-state index contributed by atoms with van der Waals surface area (Å²) in [6.45, 7) is 4.84. The predicted octanol–water partition coefficient (Wildman–Crippen LogP) is 4.23. The molecule has 1 saturated carbocycles. The van der Waals surface area contributed by atoms with Crippen LogP contribution in [0.25, 0.3) is 10.9 Å².